The number of benzene rings is 1. The van der Waals surface area contributed by atoms with Crippen LogP contribution in [0.3, 0.4) is 0 Å². The normalized spacial score (nSPS) is 10.6. The molecule has 1 amide bonds. The van der Waals surface area contributed by atoms with Crippen LogP contribution in [0.1, 0.15) is 19.4 Å². The number of anilines is 2. The number of ether oxygens (including phenoxy) is 2. The monoisotopic (exact) mass is 369 g/mol. The third-order valence-corrected chi connectivity index (χ3v) is 4.14. The Morgan fingerprint density at radius 2 is 2.04 bits per heavy atom. The van der Waals surface area contributed by atoms with E-state index in [1.807, 2.05) is 12.1 Å². The fourth-order valence-corrected chi connectivity index (χ4v) is 2.75. The maximum atomic E-state index is 11.3. The van der Waals surface area contributed by atoms with E-state index >= 15 is 0 Å². The molecule has 3 aromatic rings. The van der Waals surface area contributed by atoms with Crippen LogP contribution < -0.4 is 15.0 Å². The van der Waals surface area contributed by atoms with Gasteiger partial charge in [-0.25, -0.2) is 14.3 Å². The van der Waals surface area contributed by atoms with E-state index in [1.165, 1.54) is 12.8 Å². The van der Waals surface area contributed by atoms with Gasteiger partial charge in [0.25, 0.3) is 0 Å². The van der Waals surface area contributed by atoms with E-state index in [9.17, 15) is 4.79 Å². The summed E-state index contributed by atoms with van der Waals surface area (Å²) < 4.78 is 11.9. The first-order valence-corrected chi connectivity index (χ1v) is 8.81. The molecule has 0 radical (unpaired) electrons. The lowest BCUT2D eigenvalue weighted by molar-refractivity contribution is 0.187. The zero-order valence-electron chi connectivity index (χ0n) is 15.7. The summed E-state index contributed by atoms with van der Waals surface area (Å²) in [5.74, 6) is 0.830. The van der Waals surface area contributed by atoms with Gasteiger partial charge in [-0.2, -0.15) is 0 Å². The van der Waals surface area contributed by atoms with Crippen molar-refractivity contribution in [1.82, 2.24) is 14.6 Å². The number of hydrogen-bond acceptors (Lipinski definition) is 6. The molecule has 8 nitrogen and oxygen atoms in total. The topological polar surface area (TPSA) is 81.0 Å². The van der Waals surface area contributed by atoms with Gasteiger partial charge in [0.15, 0.2) is 11.5 Å². The fraction of sp³-hybridized carbons (Fsp3) is 0.316. The van der Waals surface area contributed by atoms with Crippen molar-refractivity contribution in [3.8, 4) is 5.88 Å². The van der Waals surface area contributed by atoms with Crippen molar-refractivity contribution in [2.45, 2.75) is 20.5 Å². The Labute approximate surface area is 157 Å². The van der Waals surface area contributed by atoms with Crippen molar-refractivity contribution in [3.63, 3.8) is 0 Å². The molecule has 8 heteroatoms. The van der Waals surface area contributed by atoms with E-state index in [-0.39, 0.29) is 0 Å². The SMILES string of the molecule is CCN(CC)c1cccc(COc2ccc3nc(NC(=O)OC)cn3n2)c1. The summed E-state index contributed by atoms with van der Waals surface area (Å²) in [4.78, 5) is 17.8. The van der Waals surface area contributed by atoms with Gasteiger partial charge in [0, 0.05) is 24.8 Å². The molecule has 27 heavy (non-hydrogen) atoms. The molecular formula is C19H23N5O3. The van der Waals surface area contributed by atoms with Gasteiger partial charge in [-0.15, -0.1) is 5.10 Å². The fourth-order valence-electron chi connectivity index (χ4n) is 2.75. The second kappa shape index (κ2) is 8.39. The Bertz CT molecular complexity index is 921. The van der Waals surface area contributed by atoms with Crippen LogP contribution in [0.2, 0.25) is 0 Å². The van der Waals surface area contributed by atoms with Crippen LogP contribution in [0.4, 0.5) is 16.3 Å². The second-order valence-electron chi connectivity index (χ2n) is 5.85. The van der Waals surface area contributed by atoms with E-state index in [0.29, 0.717) is 24.0 Å². The second-order valence-corrected chi connectivity index (χ2v) is 5.85. The summed E-state index contributed by atoms with van der Waals surface area (Å²) in [7, 11) is 1.30. The van der Waals surface area contributed by atoms with Crippen molar-refractivity contribution in [2.24, 2.45) is 0 Å². The lowest BCUT2D eigenvalue weighted by Gasteiger charge is -2.21. The number of amides is 1. The van der Waals surface area contributed by atoms with Crippen LogP contribution in [0.25, 0.3) is 5.65 Å². The van der Waals surface area contributed by atoms with E-state index in [1.54, 1.807) is 22.8 Å². The largest absolute Gasteiger partial charge is 0.472 e. The minimum atomic E-state index is -0.581. The van der Waals surface area contributed by atoms with E-state index in [4.69, 9.17) is 4.74 Å². The molecule has 0 bridgehead atoms. The molecule has 0 saturated heterocycles. The molecule has 1 aromatic carbocycles. The van der Waals surface area contributed by atoms with Crippen molar-refractivity contribution in [3.05, 3.63) is 48.2 Å². The van der Waals surface area contributed by atoms with E-state index in [0.717, 1.165) is 18.7 Å². The Hall–Kier alpha value is -3.29. The molecule has 0 saturated carbocycles. The van der Waals surface area contributed by atoms with Crippen LogP contribution in [0.15, 0.2) is 42.6 Å². The zero-order chi connectivity index (χ0) is 19.2. The molecule has 3 rings (SSSR count). The number of aromatic nitrogens is 3. The number of nitrogens with zero attached hydrogens (tertiary/aromatic N) is 4. The van der Waals surface area contributed by atoms with Gasteiger partial charge in [0.1, 0.15) is 6.61 Å². The number of imidazole rings is 1. The molecule has 0 aliphatic rings. The highest BCUT2D eigenvalue weighted by Gasteiger charge is 2.08. The molecular weight excluding hydrogens is 346 g/mol. The van der Waals surface area contributed by atoms with Crippen LogP contribution in [-0.2, 0) is 11.3 Å². The first-order valence-electron chi connectivity index (χ1n) is 8.81. The average molecular weight is 369 g/mol. The molecule has 2 aromatic heterocycles. The molecule has 0 unspecified atom stereocenters. The Morgan fingerprint density at radius 1 is 1.22 bits per heavy atom. The lowest BCUT2D eigenvalue weighted by Crippen LogP contribution is -2.21. The number of methoxy groups -OCH3 is 1. The first kappa shape index (κ1) is 18.5. The van der Waals surface area contributed by atoms with Crippen molar-refractivity contribution in [1.29, 1.82) is 0 Å². The van der Waals surface area contributed by atoms with E-state index in [2.05, 4.69) is 51.0 Å². The quantitative estimate of drug-likeness (QED) is 0.688. The lowest BCUT2D eigenvalue weighted by atomic mass is 10.2. The predicted molar refractivity (Wildman–Crippen MR) is 103 cm³/mol. The summed E-state index contributed by atoms with van der Waals surface area (Å²) in [6, 6.07) is 11.8. The summed E-state index contributed by atoms with van der Waals surface area (Å²) in [5, 5.41) is 6.87. The highest BCUT2D eigenvalue weighted by atomic mass is 16.5. The number of rotatable bonds is 7. The predicted octanol–water partition coefficient (Wildman–Crippen LogP) is 3.33. The molecule has 1 N–H and O–H groups in total. The number of fused-ring (bicyclic) bond motifs is 1. The number of carbonyl (C=O) groups excluding carboxylic acids is 1. The molecule has 0 aliphatic carbocycles. The summed E-state index contributed by atoms with van der Waals surface area (Å²) in [6.07, 6.45) is 1.02. The summed E-state index contributed by atoms with van der Waals surface area (Å²) >= 11 is 0. The smallest absolute Gasteiger partial charge is 0.412 e. The molecule has 0 fully saturated rings. The van der Waals surface area contributed by atoms with Gasteiger partial charge in [-0.1, -0.05) is 12.1 Å². The van der Waals surface area contributed by atoms with Crippen LogP contribution in [0.5, 0.6) is 5.88 Å². The highest BCUT2D eigenvalue weighted by molar-refractivity contribution is 5.83. The summed E-state index contributed by atoms with van der Waals surface area (Å²) in [6.45, 7) is 6.61. The van der Waals surface area contributed by atoms with Crippen molar-refractivity contribution < 1.29 is 14.3 Å². The maximum Gasteiger partial charge on any atom is 0.412 e. The minimum Gasteiger partial charge on any atom is -0.472 e. The third kappa shape index (κ3) is 4.46. The zero-order valence-corrected chi connectivity index (χ0v) is 15.7. The molecule has 0 spiro atoms. The van der Waals surface area contributed by atoms with E-state index < -0.39 is 6.09 Å². The first-order chi connectivity index (χ1) is 13.1. The van der Waals surface area contributed by atoms with Crippen molar-refractivity contribution >= 4 is 23.2 Å². The number of carbonyl (C=O) groups is 1. The van der Waals surface area contributed by atoms with Crippen LogP contribution >= 0.6 is 0 Å². The molecule has 0 atom stereocenters. The Morgan fingerprint density at radius 3 is 2.78 bits per heavy atom. The standard InChI is InChI=1S/C19H23N5O3/c1-4-23(5-2)15-8-6-7-14(11-15)13-27-18-10-9-17-20-16(12-24(17)22-18)21-19(25)26-3/h6-12H,4-5,13H2,1-3H3,(H,21,25). The van der Waals surface area contributed by atoms with Gasteiger partial charge in [-0.05, 0) is 37.6 Å². The Kier molecular flexibility index (Phi) is 5.75. The van der Waals surface area contributed by atoms with Gasteiger partial charge in [0.05, 0.1) is 13.3 Å². The minimum absolute atomic E-state index is 0.360. The Balaban J connectivity index is 1.70. The van der Waals surface area contributed by atoms with Gasteiger partial charge in [0.2, 0.25) is 5.88 Å². The van der Waals surface area contributed by atoms with Gasteiger partial charge in [-0.3, -0.25) is 5.32 Å². The van der Waals surface area contributed by atoms with Crippen LogP contribution in [0, 0.1) is 0 Å². The highest BCUT2D eigenvalue weighted by Crippen LogP contribution is 2.18. The maximum absolute atomic E-state index is 11.3. The number of nitrogens with one attached hydrogen (secondary N) is 1. The van der Waals surface area contributed by atoms with Crippen molar-refractivity contribution in [2.75, 3.05) is 30.4 Å². The summed E-state index contributed by atoms with van der Waals surface area (Å²) in [5.41, 5.74) is 2.84. The molecule has 0 aliphatic heterocycles. The third-order valence-electron chi connectivity index (χ3n) is 4.14. The average Bonchev–Trinajstić information content (AvgIpc) is 3.09. The molecule has 142 valence electrons. The van der Waals surface area contributed by atoms with Gasteiger partial charge >= 0.3 is 6.09 Å². The molecule has 2 heterocycles. The number of hydrogen-bond donors (Lipinski definition) is 1. The van der Waals surface area contributed by atoms with Gasteiger partial charge < -0.3 is 14.4 Å². The van der Waals surface area contributed by atoms with Crippen LogP contribution in [-0.4, -0.2) is 40.9 Å².